The summed E-state index contributed by atoms with van der Waals surface area (Å²) in [5.74, 6) is -0.232. The molecule has 0 radical (unpaired) electrons. The van der Waals surface area contributed by atoms with Crippen molar-refractivity contribution < 1.29 is 30.7 Å². The Balaban J connectivity index is 1.80. The van der Waals surface area contributed by atoms with Crippen LogP contribution in [-0.2, 0) is 16.0 Å². The molecule has 2 N–H and O–H groups in total. The molecule has 1 heterocycles. The number of ether oxygens (including phenoxy) is 1. The number of fused-ring (bicyclic) bond motifs is 1. The summed E-state index contributed by atoms with van der Waals surface area (Å²) in [5, 5.41) is -0.968. The molecule has 0 amide bonds. The van der Waals surface area contributed by atoms with E-state index in [0.29, 0.717) is 22.8 Å². The Hall–Kier alpha value is -2.88. The number of alkyl halides is 3. The second-order valence-electron chi connectivity index (χ2n) is 8.49. The molecule has 0 spiro atoms. The highest BCUT2D eigenvalue weighted by Crippen LogP contribution is 2.44. The molecule has 1 aliphatic rings. The average Bonchev–Trinajstić information content (AvgIpc) is 2.82. The Kier molecular flexibility index (Phi) is 7.19. The molecular weight excluding hydrogens is 518 g/mol. The maximum atomic E-state index is 14.4. The minimum atomic E-state index is -4.69. The Bertz CT molecular complexity index is 1420. The van der Waals surface area contributed by atoms with Crippen LogP contribution in [0.5, 0.6) is 5.75 Å². The van der Waals surface area contributed by atoms with Crippen LogP contribution in [0.3, 0.4) is 0 Å². The molecule has 10 heteroatoms. The summed E-state index contributed by atoms with van der Waals surface area (Å²) in [6, 6.07) is 12.8. The molecule has 3 aromatic rings. The average molecular weight is 540 g/mol. The molecule has 1 aliphatic heterocycles. The lowest BCUT2D eigenvalue weighted by Gasteiger charge is -2.32. The summed E-state index contributed by atoms with van der Waals surface area (Å²) < 4.78 is 87.1. The molecule has 190 valence electrons. The summed E-state index contributed by atoms with van der Waals surface area (Å²) in [6.45, 7) is 1.70. The fourth-order valence-electron chi connectivity index (χ4n) is 4.26. The summed E-state index contributed by atoms with van der Waals surface area (Å²) in [6.07, 6.45) is -3.72. The van der Waals surface area contributed by atoms with Crippen molar-refractivity contribution in [1.82, 2.24) is 0 Å². The predicted octanol–water partition coefficient (Wildman–Crippen LogP) is 6.68. The van der Waals surface area contributed by atoms with E-state index in [2.05, 4.69) is 0 Å². The maximum absolute atomic E-state index is 14.4. The van der Waals surface area contributed by atoms with Gasteiger partial charge in [0.25, 0.3) is 0 Å². The van der Waals surface area contributed by atoms with Crippen LogP contribution in [0, 0.1) is 5.82 Å². The van der Waals surface area contributed by atoms with Crippen LogP contribution in [0.4, 0.5) is 17.6 Å². The van der Waals surface area contributed by atoms with Crippen LogP contribution in [0.15, 0.2) is 65.6 Å². The van der Waals surface area contributed by atoms with Crippen molar-refractivity contribution >= 4 is 33.1 Å². The van der Waals surface area contributed by atoms with E-state index in [-0.39, 0.29) is 29.3 Å². The third kappa shape index (κ3) is 5.14. The van der Waals surface area contributed by atoms with Crippen LogP contribution in [-0.4, -0.2) is 21.1 Å². The molecule has 0 saturated heterocycles. The molecule has 0 aliphatic carbocycles. The Morgan fingerprint density at radius 3 is 2.53 bits per heavy atom. The van der Waals surface area contributed by atoms with Gasteiger partial charge in [-0.05, 0) is 60.5 Å². The van der Waals surface area contributed by atoms with E-state index in [1.807, 2.05) is 0 Å². The van der Waals surface area contributed by atoms with E-state index in [1.54, 1.807) is 37.3 Å². The molecular formula is C26H22ClF4NO3S. The van der Waals surface area contributed by atoms with E-state index < -0.39 is 43.6 Å². The van der Waals surface area contributed by atoms with E-state index in [0.717, 1.165) is 18.2 Å². The fraction of sp³-hybridized carbons (Fsp3) is 0.231. The van der Waals surface area contributed by atoms with Gasteiger partial charge in [-0.2, -0.15) is 13.2 Å². The highest BCUT2D eigenvalue weighted by atomic mass is 35.5. The van der Waals surface area contributed by atoms with Gasteiger partial charge in [-0.3, -0.25) is 0 Å². The molecule has 0 bridgehead atoms. The van der Waals surface area contributed by atoms with Crippen molar-refractivity contribution in [2.75, 3.05) is 6.54 Å². The number of hydrogen-bond acceptors (Lipinski definition) is 4. The smallest absolute Gasteiger partial charge is 0.416 e. The van der Waals surface area contributed by atoms with E-state index in [4.69, 9.17) is 22.1 Å². The predicted molar refractivity (Wildman–Crippen MR) is 131 cm³/mol. The molecule has 3 aromatic carbocycles. The zero-order valence-electron chi connectivity index (χ0n) is 19.0. The van der Waals surface area contributed by atoms with Gasteiger partial charge in [0.1, 0.15) is 17.7 Å². The SMILES string of the molecule is CC(=Cc1ccc2c(c1)C(S(=O)(=O)c1cccc(C(F)(F)F)c1)CC(CN)O2)c1c(F)cccc1Cl. The van der Waals surface area contributed by atoms with Crippen LogP contribution in [0.2, 0.25) is 5.02 Å². The lowest BCUT2D eigenvalue weighted by Crippen LogP contribution is -2.35. The van der Waals surface area contributed by atoms with Gasteiger partial charge in [0.05, 0.1) is 20.7 Å². The number of halogens is 5. The topological polar surface area (TPSA) is 69.4 Å². The Morgan fingerprint density at radius 2 is 1.86 bits per heavy atom. The third-order valence-electron chi connectivity index (χ3n) is 6.02. The molecule has 0 aromatic heterocycles. The summed E-state index contributed by atoms with van der Waals surface area (Å²) in [7, 11) is -4.25. The van der Waals surface area contributed by atoms with Gasteiger partial charge >= 0.3 is 6.18 Å². The molecule has 0 fully saturated rings. The van der Waals surface area contributed by atoms with Gasteiger partial charge in [-0.15, -0.1) is 0 Å². The van der Waals surface area contributed by atoms with Crippen LogP contribution >= 0.6 is 11.6 Å². The number of hydrogen-bond donors (Lipinski definition) is 1. The minimum Gasteiger partial charge on any atom is -0.489 e. The molecule has 0 saturated carbocycles. The van der Waals surface area contributed by atoms with E-state index in [1.165, 1.54) is 12.1 Å². The molecule has 36 heavy (non-hydrogen) atoms. The number of sulfone groups is 1. The van der Waals surface area contributed by atoms with Gasteiger partial charge in [-0.1, -0.05) is 35.9 Å². The van der Waals surface area contributed by atoms with Crippen molar-refractivity contribution in [2.45, 2.75) is 35.8 Å². The highest BCUT2D eigenvalue weighted by molar-refractivity contribution is 7.91. The molecule has 2 unspecified atom stereocenters. The lowest BCUT2D eigenvalue weighted by atomic mass is 9.97. The van der Waals surface area contributed by atoms with Gasteiger partial charge in [0.15, 0.2) is 9.84 Å². The van der Waals surface area contributed by atoms with E-state index in [9.17, 15) is 26.0 Å². The summed E-state index contributed by atoms with van der Waals surface area (Å²) in [4.78, 5) is -0.443. The fourth-order valence-corrected chi connectivity index (χ4v) is 6.44. The lowest BCUT2D eigenvalue weighted by molar-refractivity contribution is -0.137. The van der Waals surface area contributed by atoms with Crippen LogP contribution < -0.4 is 10.5 Å². The Labute approximate surface area is 211 Å². The van der Waals surface area contributed by atoms with Gasteiger partial charge in [-0.25, -0.2) is 12.8 Å². The zero-order valence-corrected chi connectivity index (χ0v) is 20.6. The molecule has 4 nitrogen and oxygen atoms in total. The number of rotatable bonds is 5. The van der Waals surface area contributed by atoms with Crippen molar-refractivity contribution in [3.8, 4) is 5.75 Å². The monoisotopic (exact) mass is 539 g/mol. The van der Waals surface area contributed by atoms with Crippen LogP contribution in [0.1, 0.15) is 40.8 Å². The Morgan fingerprint density at radius 1 is 1.14 bits per heavy atom. The van der Waals surface area contributed by atoms with Gasteiger partial charge < -0.3 is 10.5 Å². The first-order valence-corrected chi connectivity index (χ1v) is 12.9. The largest absolute Gasteiger partial charge is 0.489 e. The number of nitrogens with two attached hydrogens (primary N) is 1. The van der Waals surface area contributed by atoms with Crippen molar-refractivity contribution in [3.05, 3.63) is 93.8 Å². The first-order valence-electron chi connectivity index (χ1n) is 11.0. The third-order valence-corrected chi connectivity index (χ3v) is 8.44. The molecule has 2 atom stereocenters. The normalized spacial score (nSPS) is 18.5. The highest BCUT2D eigenvalue weighted by Gasteiger charge is 2.39. The van der Waals surface area contributed by atoms with Crippen molar-refractivity contribution in [1.29, 1.82) is 0 Å². The standard InChI is InChI=1S/C26H22ClF4NO3S/c1-15(25-21(27)6-3-7-22(25)28)10-16-8-9-23-20(11-16)24(13-18(14-32)35-23)36(33,34)19-5-2-4-17(12-19)26(29,30)31/h2-12,18,24H,13-14,32H2,1H3. The second kappa shape index (κ2) is 9.88. The summed E-state index contributed by atoms with van der Waals surface area (Å²) in [5.41, 5.74) is 6.25. The minimum absolute atomic E-state index is 0.0284. The van der Waals surface area contributed by atoms with Crippen molar-refractivity contribution in [2.24, 2.45) is 5.73 Å². The first-order chi connectivity index (χ1) is 16.9. The summed E-state index contributed by atoms with van der Waals surface area (Å²) >= 11 is 6.16. The first kappa shape index (κ1) is 26.2. The quantitative estimate of drug-likeness (QED) is 0.290. The molecule has 4 rings (SSSR count). The van der Waals surface area contributed by atoms with Gasteiger partial charge in [0, 0.05) is 24.1 Å². The second-order valence-corrected chi connectivity index (χ2v) is 11.0. The van der Waals surface area contributed by atoms with E-state index >= 15 is 0 Å². The number of benzene rings is 3. The number of allylic oxidation sites excluding steroid dienone is 1. The zero-order chi connectivity index (χ0) is 26.3. The maximum Gasteiger partial charge on any atom is 0.416 e. The van der Waals surface area contributed by atoms with Crippen molar-refractivity contribution in [3.63, 3.8) is 0 Å². The van der Waals surface area contributed by atoms with Gasteiger partial charge in [0.2, 0.25) is 0 Å². The van der Waals surface area contributed by atoms with Crippen LogP contribution in [0.25, 0.3) is 11.6 Å².